The second-order valence-electron chi connectivity index (χ2n) is 5.77. The number of rotatable bonds is 3. The van der Waals surface area contributed by atoms with Crippen LogP contribution in [0, 0.1) is 5.82 Å². The van der Waals surface area contributed by atoms with Crippen LogP contribution in [0.5, 0.6) is 0 Å². The lowest BCUT2D eigenvalue weighted by atomic mass is 9.93. The monoisotopic (exact) mass is 340 g/mol. The molecule has 1 aromatic heterocycles. The molecule has 0 spiro atoms. The normalized spacial score (nSPS) is 12.3. The molecule has 3 nitrogen and oxygen atoms in total. The first-order chi connectivity index (χ1) is 11.4. The van der Waals surface area contributed by atoms with E-state index < -0.39 is 5.82 Å². The molecule has 0 fully saturated rings. The fraction of sp³-hybridized carbons (Fsp3) is 0.167. The van der Waals surface area contributed by atoms with Gasteiger partial charge in [-0.15, -0.1) is 0 Å². The standard InChI is InChI=1S/C18H15BClFN2O/c1-10(11-4-6-14(19)15(21)7-11)22-18(24)17-8-12-3-5-13(20)9-16(12)23(17)2/h3-10H,1-2H3,(H,22,24). The predicted molar refractivity (Wildman–Crippen MR) is 95.6 cm³/mol. The van der Waals surface area contributed by atoms with Crippen molar-refractivity contribution in [3.63, 3.8) is 0 Å². The van der Waals surface area contributed by atoms with Gasteiger partial charge in [-0.25, -0.2) is 4.39 Å². The zero-order chi connectivity index (χ0) is 17.4. The molecule has 3 rings (SSSR count). The molecule has 1 heterocycles. The van der Waals surface area contributed by atoms with Gasteiger partial charge in [0.1, 0.15) is 19.4 Å². The summed E-state index contributed by atoms with van der Waals surface area (Å²) in [4.78, 5) is 12.6. The fourth-order valence-electron chi connectivity index (χ4n) is 2.69. The van der Waals surface area contributed by atoms with Crippen molar-refractivity contribution in [2.24, 2.45) is 7.05 Å². The Morgan fingerprint density at radius 3 is 2.71 bits per heavy atom. The van der Waals surface area contributed by atoms with Crippen molar-refractivity contribution in [1.29, 1.82) is 0 Å². The summed E-state index contributed by atoms with van der Waals surface area (Å²) in [6, 6.07) is 11.4. The van der Waals surface area contributed by atoms with Crippen LogP contribution in [0.25, 0.3) is 10.9 Å². The number of nitrogens with one attached hydrogen (secondary N) is 1. The fourth-order valence-corrected chi connectivity index (χ4v) is 2.85. The zero-order valence-electron chi connectivity index (χ0n) is 13.3. The van der Waals surface area contributed by atoms with Crippen LogP contribution in [0.1, 0.15) is 29.0 Å². The van der Waals surface area contributed by atoms with Crippen LogP contribution in [0.3, 0.4) is 0 Å². The highest BCUT2D eigenvalue weighted by atomic mass is 35.5. The van der Waals surface area contributed by atoms with Crippen molar-refractivity contribution in [3.8, 4) is 0 Å². The maximum Gasteiger partial charge on any atom is 0.268 e. The van der Waals surface area contributed by atoms with E-state index in [1.165, 1.54) is 12.1 Å². The molecule has 1 amide bonds. The van der Waals surface area contributed by atoms with Crippen LogP contribution in [-0.4, -0.2) is 18.3 Å². The Balaban J connectivity index is 1.86. The summed E-state index contributed by atoms with van der Waals surface area (Å²) in [6.07, 6.45) is 0. The molecule has 0 aliphatic heterocycles. The highest BCUT2D eigenvalue weighted by molar-refractivity contribution is 6.32. The van der Waals surface area contributed by atoms with E-state index >= 15 is 0 Å². The van der Waals surface area contributed by atoms with Gasteiger partial charge in [0, 0.05) is 23.0 Å². The summed E-state index contributed by atoms with van der Waals surface area (Å²) in [5.41, 5.74) is 2.12. The molecule has 1 N–H and O–H groups in total. The average Bonchev–Trinajstić information content (AvgIpc) is 2.86. The van der Waals surface area contributed by atoms with Crippen molar-refractivity contribution in [2.75, 3.05) is 0 Å². The summed E-state index contributed by atoms with van der Waals surface area (Å²) >= 11 is 6.01. The quantitative estimate of drug-likeness (QED) is 0.730. The Morgan fingerprint density at radius 2 is 2.00 bits per heavy atom. The topological polar surface area (TPSA) is 34.0 Å². The van der Waals surface area contributed by atoms with E-state index in [2.05, 4.69) is 5.32 Å². The lowest BCUT2D eigenvalue weighted by Crippen LogP contribution is -2.28. The summed E-state index contributed by atoms with van der Waals surface area (Å²) in [7, 11) is 7.29. The number of carbonyl (C=O) groups is 1. The third-order valence-electron chi connectivity index (χ3n) is 4.11. The highest BCUT2D eigenvalue weighted by Gasteiger charge is 2.17. The smallest absolute Gasteiger partial charge is 0.268 e. The number of benzene rings is 2. The van der Waals surface area contributed by atoms with Crippen LogP contribution in [0.2, 0.25) is 5.02 Å². The number of hydrogen-bond acceptors (Lipinski definition) is 1. The molecule has 3 aromatic rings. The maximum absolute atomic E-state index is 13.6. The Kier molecular flexibility index (Phi) is 4.37. The lowest BCUT2D eigenvalue weighted by Gasteiger charge is -2.15. The molecule has 0 aliphatic rings. The number of aryl methyl sites for hydroxylation is 1. The minimum atomic E-state index is -0.493. The van der Waals surface area contributed by atoms with E-state index in [1.807, 2.05) is 12.1 Å². The van der Waals surface area contributed by atoms with Gasteiger partial charge in [-0.05, 0) is 36.8 Å². The van der Waals surface area contributed by atoms with E-state index in [9.17, 15) is 9.18 Å². The van der Waals surface area contributed by atoms with Crippen molar-refractivity contribution in [3.05, 3.63) is 64.6 Å². The molecule has 2 aromatic carbocycles. The average molecular weight is 341 g/mol. The van der Waals surface area contributed by atoms with E-state index in [0.717, 1.165) is 10.9 Å². The van der Waals surface area contributed by atoms with Gasteiger partial charge in [0.15, 0.2) is 0 Å². The number of fused-ring (bicyclic) bond motifs is 1. The van der Waals surface area contributed by atoms with Crippen LogP contribution >= 0.6 is 11.6 Å². The molecular formula is C18H15BClFN2O. The van der Waals surface area contributed by atoms with Gasteiger partial charge in [0.2, 0.25) is 0 Å². The molecule has 1 atom stereocenters. The second kappa shape index (κ2) is 6.32. The number of nitrogens with zero attached hydrogens (tertiary/aromatic N) is 1. The number of hydrogen-bond donors (Lipinski definition) is 1. The van der Waals surface area contributed by atoms with Gasteiger partial charge in [-0.2, -0.15) is 0 Å². The second-order valence-corrected chi connectivity index (χ2v) is 6.20. The molecular weight excluding hydrogens is 325 g/mol. The molecule has 0 saturated heterocycles. The molecule has 0 bridgehead atoms. The van der Waals surface area contributed by atoms with Gasteiger partial charge in [-0.1, -0.05) is 35.3 Å². The SMILES string of the molecule is [B]c1ccc(C(C)NC(=O)c2cc3ccc(Cl)cc3n2C)cc1F. The van der Waals surface area contributed by atoms with Gasteiger partial charge in [0.25, 0.3) is 5.91 Å². The molecule has 24 heavy (non-hydrogen) atoms. The van der Waals surface area contributed by atoms with Crippen molar-refractivity contribution in [2.45, 2.75) is 13.0 Å². The third kappa shape index (κ3) is 3.04. The van der Waals surface area contributed by atoms with Crippen LogP contribution < -0.4 is 10.8 Å². The summed E-state index contributed by atoms with van der Waals surface area (Å²) < 4.78 is 15.4. The third-order valence-corrected chi connectivity index (χ3v) is 4.35. The van der Waals surface area contributed by atoms with Crippen LogP contribution in [-0.2, 0) is 7.05 Å². The van der Waals surface area contributed by atoms with Gasteiger partial charge in [0.05, 0.1) is 6.04 Å². The number of amides is 1. The molecule has 6 heteroatoms. The summed E-state index contributed by atoms with van der Waals surface area (Å²) in [6.45, 7) is 1.79. The van der Waals surface area contributed by atoms with Crippen molar-refractivity contribution < 1.29 is 9.18 Å². The van der Waals surface area contributed by atoms with Crippen molar-refractivity contribution in [1.82, 2.24) is 9.88 Å². The van der Waals surface area contributed by atoms with E-state index in [4.69, 9.17) is 19.4 Å². The Morgan fingerprint density at radius 1 is 1.25 bits per heavy atom. The zero-order valence-corrected chi connectivity index (χ0v) is 14.1. The molecule has 0 saturated carbocycles. The van der Waals surface area contributed by atoms with Crippen molar-refractivity contribution >= 4 is 41.7 Å². The molecule has 0 aliphatic carbocycles. The van der Waals surface area contributed by atoms with Gasteiger partial charge in [-0.3, -0.25) is 4.79 Å². The number of aromatic nitrogens is 1. The highest BCUT2D eigenvalue weighted by Crippen LogP contribution is 2.23. The molecule has 2 radical (unpaired) electrons. The Hall–Kier alpha value is -2.27. The first-order valence-corrected chi connectivity index (χ1v) is 7.85. The first kappa shape index (κ1) is 16.6. The van der Waals surface area contributed by atoms with Gasteiger partial charge >= 0.3 is 0 Å². The first-order valence-electron chi connectivity index (χ1n) is 7.47. The van der Waals surface area contributed by atoms with E-state index in [-0.39, 0.29) is 17.4 Å². The van der Waals surface area contributed by atoms with Crippen LogP contribution in [0.4, 0.5) is 4.39 Å². The summed E-state index contributed by atoms with van der Waals surface area (Å²) in [5, 5.41) is 4.42. The van der Waals surface area contributed by atoms with E-state index in [1.54, 1.807) is 36.7 Å². The predicted octanol–water partition coefficient (Wildman–Crippen LogP) is 3.26. The van der Waals surface area contributed by atoms with Gasteiger partial charge < -0.3 is 9.88 Å². The Bertz CT molecular complexity index is 938. The minimum Gasteiger partial charge on any atom is -0.344 e. The Labute approximate surface area is 145 Å². The maximum atomic E-state index is 13.6. The molecule has 120 valence electrons. The van der Waals surface area contributed by atoms with E-state index in [0.29, 0.717) is 16.3 Å². The minimum absolute atomic E-state index is 0.0860. The number of carbonyl (C=O) groups excluding carboxylic acids is 1. The molecule has 1 unspecified atom stereocenters. The summed E-state index contributed by atoms with van der Waals surface area (Å²) in [5.74, 6) is -0.734. The van der Waals surface area contributed by atoms with Crippen LogP contribution in [0.15, 0.2) is 42.5 Å². The number of halogens is 2. The lowest BCUT2D eigenvalue weighted by molar-refractivity contribution is 0.0932. The largest absolute Gasteiger partial charge is 0.344 e.